The van der Waals surface area contributed by atoms with Gasteiger partial charge in [0.1, 0.15) is 11.5 Å². The Labute approximate surface area is 158 Å². The van der Waals surface area contributed by atoms with Crippen LogP contribution in [0, 0.1) is 6.92 Å². The lowest BCUT2D eigenvalue weighted by atomic mass is 9.86. The quantitative estimate of drug-likeness (QED) is 0.634. The van der Waals surface area contributed by atoms with Gasteiger partial charge in [0, 0.05) is 5.56 Å². The number of benzene rings is 2. The maximum absolute atomic E-state index is 6.27. The van der Waals surface area contributed by atoms with Crippen LogP contribution in [0.4, 0.5) is 0 Å². The second-order valence-electron chi connectivity index (χ2n) is 8.77. The summed E-state index contributed by atoms with van der Waals surface area (Å²) in [6, 6.07) is 10.3. The van der Waals surface area contributed by atoms with Crippen molar-refractivity contribution < 1.29 is 14.2 Å². The van der Waals surface area contributed by atoms with Crippen LogP contribution in [-0.4, -0.2) is 14.2 Å². The lowest BCUT2D eigenvalue weighted by molar-refractivity contribution is 0.371. The van der Waals surface area contributed by atoms with Crippen LogP contribution in [0.15, 0.2) is 30.3 Å². The van der Waals surface area contributed by atoms with Gasteiger partial charge in [0.05, 0.1) is 14.2 Å². The average Bonchev–Trinajstić information content (AvgIpc) is 2.54. The van der Waals surface area contributed by atoms with E-state index in [-0.39, 0.29) is 10.8 Å². The van der Waals surface area contributed by atoms with Crippen LogP contribution < -0.4 is 14.2 Å². The Hall–Kier alpha value is -2.16. The normalized spacial score (nSPS) is 12.0. The molecule has 0 aliphatic heterocycles. The van der Waals surface area contributed by atoms with Crippen LogP contribution in [-0.2, 0) is 10.8 Å². The molecule has 0 bridgehead atoms. The number of hydrogen-bond acceptors (Lipinski definition) is 3. The van der Waals surface area contributed by atoms with Gasteiger partial charge in [0.2, 0.25) is 0 Å². The van der Waals surface area contributed by atoms with Crippen LogP contribution in [0.3, 0.4) is 0 Å². The van der Waals surface area contributed by atoms with Gasteiger partial charge < -0.3 is 14.2 Å². The van der Waals surface area contributed by atoms with E-state index in [1.54, 1.807) is 14.2 Å². The lowest BCUT2D eigenvalue weighted by Gasteiger charge is -2.24. The molecule has 0 fully saturated rings. The second-order valence-corrected chi connectivity index (χ2v) is 8.77. The highest BCUT2D eigenvalue weighted by Gasteiger charge is 2.21. The molecule has 2 rings (SSSR count). The van der Waals surface area contributed by atoms with Crippen molar-refractivity contribution in [2.45, 2.75) is 59.3 Å². The van der Waals surface area contributed by atoms with Gasteiger partial charge in [-0.2, -0.15) is 0 Å². The van der Waals surface area contributed by atoms with E-state index in [2.05, 4.69) is 65.8 Å². The van der Waals surface area contributed by atoms with E-state index in [9.17, 15) is 0 Å². The molecule has 0 heterocycles. The Kier molecular flexibility index (Phi) is 5.60. The Morgan fingerprint density at radius 2 is 1.12 bits per heavy atom. The fourth-order valence-electron chi connectivity index (χ4n) is 2.75. The Morgan fingerprint density at radius 1 is 0.615 bits per heavy atom. The molecule has 0 aliphatic carbocycles. The van der Waals surface area contributed by atoms with Crippen LogP contribution in [0.1, 0.15) is 58.2 Å². The molecule has 3 heteroatoms. The number of methoxy groups -OCH3 is 2. The molecule has 0 spiro atoms. The monoisotopic (exact) mass is 356 g/mol. The van der Waals surface area contributed by atoms with Crippen molar-refractivity contribution in [2.24, 2.45) is 0 Å². The highest BCUT2D eigenvalue weighted by molar-refractivity contribution is 5.53. The van der Waals surface area contributed by atoms with E-state index in [4.69, 9.17) is 14.2 Å². The number of ether oxygens (including phenoxy) is 3. The van der Waals surface area contributed by atoms with Gasteiger partial charge in [-0.05, 0) is 53.1 Å². The Balaban J connectivity index is 2.51. The second kappa shape index (κ2) is 7.22. The molecule has 0 aromatic heterocycles. The lowest BCUT2D eigenvalue weighted by Crippen LogP contribution is -2.12. The smallest absolute Gasteiger partial charge is 0.169 e. The molecule has 0 saturated carbocycles. The molecule has 0 saturated heterocycles. The van der Waals surface area contributed by atoms with Crippen molar-refractivity contribution in [3.05, 3.63) is 47.0 Å². The average molecular weight is 357 g/mol. The van der Waals surface area contributed by atoms with Gasteiger partial charge in [0.15, 0.2) is 11.5 Å². The van der Waals surface area contributed by atoms with E-state index in [0.717, 1.165) is 22.8 Å². The number of rotatable bonds is 4. The van der Waals surface area contributed by atoms with Crippen LogP contribution in [0.5, 0.6) is 23.0 Å². The fourth-order valence-corrected chi connectivity index (χ4v) is 2.75. The highest BCUT2D eigenvalue weighted by atomic mass is 16.5. The summed E-state index contributed by atoms with van der Waals surface area (Å²) < 4.78 is 17.4. The molecule has 0 amide bonds. The summed E-state index contributed by atoms with van der Waals surface area (Å²) >= 11 is 0. The summed E-state index contributed by atoms with van der Waals surface area (Å²) in [6.45, 7) is 15.1. The zero-order valence-electron chi connectivity index (χ0n) is 17.6. The summed E-state index contributed by atoms with van der Waals surface area (Å²) in [5.41, 5.74) is 3.40. The van der Waals surface area contributed by atoms with E-state index >= 15 is 0 Å². The summed E-state index contributed by atoms with van der Waals surface area (Å²) in [4.78, 5) is 0. The zero-order chi connectivity index (χ0) is 19.7. The molecule has 142 valence electrons. The molecule has 2 aromatic carbocycles. The summed E-state index contributed by atoms with van der Waals surface area (Å²) in [5.74, 6) is 3.06. The van der Waals surface area contributed by atoms with Crippen molar-refractivity contribution in [3.8, 4) is 23.0 Å². The van der Waals surface area contributed by atoms with Crippen molar-refractivity contribution in [1.29, 1.82) is 0 Å². The zero-order valence-corrected chi connectivity index (χ0v) is 17.6. The van der Waals surface area contributed by atoms with Gasteiger partial charge in [-0.1, -0.05) is 47.6 Å². The minimum Gasteiger partial charge on any atom is -0.496 e. The summed E-state index contributed by atoms with van der Waals surface area (Å²) in [5, 5.41) is 0. The predicted octanol–water partition coefficient (Wildman–Crippen LogP) is 6.40. The molecular weight excluding hydrogens is 324 g/mol. The van der Waals surface area contributed by atoms with E-state index in [0.29, 0.717) is 5.75 Å². The van der Waals surface area contributed by atoms with Crippen LogP contribution in [0.2, 0.25) is 0 Å². The van der Waals surface area contributed by atoms with Crippen molar-refractivity contribution in [2.75, 3.05) is 14.2 Å². The molecule has 3 nitrogen and oxygen atoms in total. The Morgan fingerprint density at radius 3 is 1.62 bits per heavy atom. The molecule has 0 unspecified atom stereocenters. The van der Waals surface area contributed by atoms with Gasteiger partial charge in [-0.15, -0.1) is 0 Å². The fraction of sp³-hybridized carbons (Fsp3) is 0.478. The van der Waals surface area contributed by atoms with Crippen molar-refractivity contribution >= 4 is 0 Å². The Bertz CT molecular complexity index is 777. The first-order chi connectivity index (χ1) is 12.0. The third-order valence-electron chi connectivity index (χ3n) is 4.65. The van der Waals surface area contributed by atoms with Crippen molar-refractivity contribution in [1.82, 2.24) is 0 Å². The molecule has 26 heavy (non-hydrogen) atoms. The minimum absolute atomic E-state index is 0.000726. The molecule has 0 atom stereocenters. The van der Waals surface area contributed by atoms with Crippen LogP contribution >= 0.6 is 0 Å². The van der Waals surface area contributed by atoms with Gasteiger partial charge in [-0.3, -0.25) is 0 Å². The molecular formula is C23H32O3. The maximum atomic E-state index is 6.27. The topological polar surface area (TPSA) is 27.7 Å². The molecule has 0 aliphatic rings. The largest absolute Gasteiger partial charge is 0.496 e. The minimum atomic E-state index is -0.000726. The molecule has 0 radical (unpaired) electrons. The third-order valence-corrected chi connectivity index (χ3v) is 4.65. The predicted molar refractivity (Wildman–Crippen MR) is 108 cm³/mol. The summed E-state index contributed by atoms with van der Waals surface area (Å²) in [7, 11) is 3.37. The van der Waals surface area contributed by atoms with Crippen LogP contribution in [0.25, 0.3) is 0 Å². The van der Waals surface area contributed by atoms with E-state index < -0.39 is 0 Å². The SMILES string of the molecule is COc1cc(C(C)(C)C)ccc1Oc1cc(C(C)(C)C)cc(OC)c1C. The first kappa shape index (κ1) is 20.2. The summed E-state index contributed by atoms with van der Waals surface area (Å²) in [6.07, 6.45) is 0. The maximum Gasteiger partial charge on any atom is 0.169 e. The standard InChI is InChI=1S/C23H32O3/c1-15-19(24-8)13-17(23(5,6)7)14-20(15)26-18-11-10-16(22(2,3)4)12-21(18)25-9/h10-14H,1-9H3. The van der Waals surface area contributed by atoms with E-state index in [1.807, 2.05) is 13.0 Å². The third kappa shape index (κ3) is 4.32. The first-order valence-electron chi connectivity index (χ1n) is 9.03. The first-order valence-corrected chi connectivity index (χ1v) is 9.03. The van der Waals surface area contributed by atoms with E-state index in [1.165, 1.54) is 11.1 Å². The van der Waals surface area contributed by atoms with Gasteiger partial charge >= 0.3 is 0 Å². The number of hydrogen-bond donors (Lipinski definition) is 0. The van der Waals surface area contributed by atoms with Gasteiger partial charge in [-0.25, -0.2) is 0 Å². The van der Waals surface area contributed by atoms with Gasteiger partial charge in [0.25, 0.3) is 0 Å². The highest BCUT2D eigenvalue weighted by Crippen LogP contribution is 2.40. The molecule has 0 N–H and O–H groups in total. The molecule has 2 aromatic rings. The van der Waals surface area contributed by atoms with Crippen molar-refractivity contribution in [3.63, 3.8) is 0 Å².